The number of ether oxygens (including phenoxy) is 1. The Kier molecular flexibility index (Phi) is 7.30. The van der Waals surface area contributed by atoms with Gasteiger partial charge in [0.25, 0.3) is 0 Å². The van der Waals surface area contributed by atoms with Crippen molar-refractivity contribution in [1.82, 2.24) is 15.5 Å². The normalized spacial score (nSPS) is 20.5. The van der Waals surface area contributed by atoms with Crippen LogP contribution < -0.4 is 10.6 Å². The average Bonchev–Trinajstić information content (AvgIpc) is 2.84. The molecule has 1 rings (SSSR count). The minimum atomic E-state index is 0.176. The minimum Gasteiger partial charge on any atom is -0.376 e. The fraction of sp³-hybridized carbons (Fsp3) is 0.933. The third kappa shape index (κ3) is 7.10. The quantitative estimate of drug-likeness (QED) is 0.547. The van der Waals surface area contributed by atoms with E-state index in [0.29, 0.717) is 6.10 Å². The summed E-state index contributed by atoms with van der Waals surface area (Å²) >= 11 is 0. The number of rotatable bonds is 7. The van der Waals surface area contributed by atoms with Crippen LogP contribution in [0.5, 0.6) is 0 Å². The molecule has 0 radical (unpaired) electrons. The van der Waals surface area contributed by atoms with E-state index < -0.39 is 0 Å². The van der Waals surface area contributed by atoms with Gasteiger partial charge < -0.3 is 20.3 Å². The molecule has 5 heteroatoms. The van der Waals surface area contributed by atoms with Gasteiger partial charge in [-0.3, -0.25) is 4.99 Å². The second-order valence-corrected chi connectivity index (χ2v) is 6.61. The number of aliphatic imine (C=N–C) groups is 1. The Hall–Kier alpha value is -0.810. The van der Waals surface area contributed by atoms with Crippen LogP contribution in [0, 0.1) is 5.41 Å². The summed E-state index contributed by atoms with van der Waals surface area (Å²) in [6.07, 6.45) is 2.67. The van der Waals surface area contributed by atoms with Crippen molar-refractivity contribution < 1.29 is 4.74 Å². The highest BCUT2D eigenvalue weighted by Gasteiger charge is 2.19. The summed E-state index contributed by atoms with van der Waals surface area (Å²) in [6, 6.07) is 0. The molecule has 0 spiro atoms. The number of nitrogens with one attached hydrogen (secondary N) is 2. The molecule has 5 nitrogen and oxygen atoms in total. The predicted octanol–water partition coefficient (Wildman–Crippen LogP) is 1.31. The van der Waals surface area contributed by atoms with Gasteiger partial charge in [-0.1, -0.05) is 13.8 Å². The first-order chi connectivity index (χ1) is 9.43. The monoisotopic (exact) mass is 284 g/mol. The van der Waals surface area contributed by atoms with Crippen molar-refractivity contribution in [2.45, 2.75) is 39.7 Å². The molecule has 2 N–H and O–H groups in total. The summed E-state index contributed by atoms with van der Waals surface area (Å²) in [4.78, 5) is 6.92. The molecule has 0 amide bonds. The number of hydrogen-bond donors (Lipinski definition) is 2. The molecular formula is C15H32N4O. The summed E-state index contributed by atoms with van der Waals surface area (Å²) < 4.78 is 5.63. The van der Waals surface area contributed by atoms with E-state index in [9.17, 15) is 0 Å². The third-order valence-corrected chi connectivity index (χ3v) is 3.27. The molecule has 0 aromatic heterocycles. The van der Waals surface area contributed by atoms with E-state index in [4.69, 9.17) is 9.73 Å². The lowest BCUT2D eigenvalue weighted by atomic mass is 9.93. The lowest BCUT2D eigenvalue weighted by molar-refractivity contribution is 0.113. The first-order valence-corrected chi connectivity index (χ1v) is 7.71. The molecule has 0 aromatic rings. The van der Waals surface area contributed by atoms with Crippen molar-refractivity contribution >= 4 is 5.96 Å². The van der Waals surface area contributed by atoms with E-state index in [1.807, 2.05) is 0 Å². The molecule has 118 valence electrons. The molecule has 1 saturated heterocycles. The zero-order valence-corrected chi connectivity index (χ0v) is 13.8. The van der Waals surface area contributed by atoms with Crippen molar-refractivity contribution in [2.24, 2.45) is 10.4 Å². The summed E-state index contributed by atoms with van der Waals surface area (Å²) in [5.41, 5.74) is 0.176. The average molecular weight is 284 g/mol. The molecule has 1 aliphatic heterocycles. The van der Waals surface area contributed by atoms with Gasteiger partial charge in [-0.15, -0.1) is 0 Å². The molecule has 1 fully saturated rings. The smallest absolute Gasteiger partial charge is 0.191 e. The zero-order chi connectivity index (χ0) is 15.0. The van der Waals surface area contributed by atoms with Crippen molar-refractivity contribution in [3.63, 3.8) is 0 Å². The Bertz CT molecular complexity index is 296. The van der Waals surface area contributed by atoms with Crippen LogP contribution in [0.15, 0.2) is 4.99 Å². The van der Waals surface area contributed by atoms with Gasteiger partial charge in [0.2, 0.25) is 0 Å². The van der Waals surface area contributed by atoms with Crippen LogP contribution >= 0.6 is 0 Å². The molecule has 1 heterocycles. The standard InChI is InChI=1S/C15H32N4O/c1-6-16-14(17-10-13-8-7-9-20-13)18-11-15(2,3)12-19(4)5/h13H,6-12H2,1-5H3,(H2,16,17,18). The molecule has 1 unspecified atom stereocenters. The predicted molar refractivity (Wildman–Crippen MR) is 85.3 cm³/mol. The molecule has 0 bridgehead atoms. The van der Waals surface area contributed by atoms with Crippen LogP contribution in [-0.2, 0) is 4.74 Å². The summed E-state index contributed by atoms with van der Waals surface area (Å²) in [7, 11) is 4.21. The van der Waals surface area contributed by atoms with Crippen molar-refractivity contribution in [2.75, 3.05) is 46.9 Å². The summed E-state index contributed by atoms with van der Waals surface area (Å²) in [6.45, 7) is 11.1. The first-order valence-electron chi connectivity index (χ1n) is 7.71. The number of nitrogens with zero attached hydrogens (tertiary/aromatic N) is 2. The molecule has 20 heavy (non-hydrogen) atoms. The first kappa shape index (κ1) is 17.2. The van der Waals surface area contributed by atoms with E-state index in [1.165, 1.54) is 6.42 Å². The Labute approximate surface area is 124 Å². The van der Waals surface area contributed by atoms with Gasteiger partial charge in [0.05, 0.1) is 6.10 Å². The van der Waals surface area contributed by atoms with E-state index in [2.05, 4.69) is 50.4 Å². The van der Waals surface area contributed by atoms with Crippen LogP contribution in [-0.4, -0.2) is 63.8 Å². The highest BCUT2D eigenvalue weighted by atomic mass is 16.5. The van der Waals surface area contributed by atoms with E-state index >= 15 is 0 Å². The van der Waals surface area contributed by atoms with Gasteiger partial charge in [0.15, 0.2) is 5.96 Å². The van der Waals surface area contributed by atoms with Crippen molar-refractivity contribution in [1.29, 1.82) is 0 Å². The van der Waals surface area contributed by atoms with E-state index in [0.717, 1.165) is 45.2 Å². The number of guanidine groups is 1. The molecular weight excluding hydrogens is 252 g/mol. The molecule has 0 saturated carbocycles. The van der Waals surface area contributed by atoms with Gasteiger partial charge in [0, 0.05) is 32.8 Å². The Morgan fingerprint density at radius 2 is 2.10 bits per heavy atom. The largest absolute Gasteiger partial charge is 0.376 e. The van der Waals surface area contributed by atoms with Crippen molar-refractivity contribution in [3.8, 4) is 0 Å². The van der Waals surface area contributed by atoms with Crippen molar-refractivity contribution in [3.05, 3.63) is 0 Å². The lowest BCUT2D eigenvalue weighted by Gasteiger charge is -2.27. The number of hydrogen-bond acceptors (Lipinski definition) is 3. The van der Waals surface area contributed by atoms with E-state index in [-0.39, 0.29) is 5.41 Å². The maximum atomic E-state index is 5.63. The maximum Gasteiger partial charge on any atom is 0.191 e. The minimum absolute atomic E-state index is 0.176. The van der Waals surface area contributed by atoms with Gasteiger partial charge in [-0.2, -0.15) is 0 Å². The van der Waals surface area contributed by atoms with Crippen LogP contribution in [0.1, 0.15) is 33.6 Å². The van der Waals surface area contributed by atoms with Crippen LogP contribution in [0.2, 0.25) is 0 Å². The topological polar surface area (TPSA) is 48.9 Å². The Morgan fingerprint density at radius 3 is 2.65 bits per heavy atom. The van der Waals surface area contributed by atoms with Crippen LogP contribution in [0.4, 0.5) is 0 Å². The van der Waals surface area contributed by atoms with Crippen LogP contribution in [0.25, 0.3) is 0 Å². The summed E-state index contributed by atoms with van der Waals surface area (Å²) in [5, 5.41) is 6.69. The fourth-order valence-electron chi connectivity index (χ4n) is 2.56. The maximum absolute atomic E-state index is 5.63. The highest BCUT2D eigenvalue weighted by Crippen LogP contribution is 2.16. The molecule has 0 aliphatic carbocycles. The summed E-state index contributed by atoms with van der Waals surface area (Å²) in [5.74, 6) is 0.898. The molecule has 1 atom stereocenters. The second-order valence-electron chi connectivity index (χ2n) is 6.61. The Balaban J connectivity index is 2.44. The highest BCUT2D eigenvalue weighted by molar-refractivity contribution is 5.79. The van der Waals surface area contributed by atoms with Gasteiger partial charge in [-0.25, -0.2) is 0 Å². The fourth-order valence-corrected chi connectivity index (χ4v) is 2.56. The SMILES string of the molecule is CCNC(=NCC(C)(C)CN(C)C)NCC1CCCO1. The molecule has 0 aromatic carbocycles. The van der Waals surface area contributed by atoms with Gasteiger partial charge in [-0.05, 0) is 39.3 Å². The lowest BCUT2D eigenvalue weighted by Crippen LogP contribution is -2.42. The van der Waals surface area contributed by atoms with Gasteiger partial charge >= 0.3 is 0 Å². The van der Waals surface area contributed by atoms with Crippen LogP contribution in [0.3, 0.4) is 0 Å². The molecule has 1 aliphatic rings. The third-order valence-electron chi connectivity index (χ3n) is 3.27. The Morgan fingerprint density at radius 1 is 1.35 bits per heavy atom. The zero-order valence-electron chi connectivity index (χ0n) is 13.8. The van der Waals surface area contributed by atoms with Gasteiger partial charge in [0.1, 0.15) is 0 Å². The van der Waals surface area contributed by atoms with E-state index in [1.54, 1.807) is 0 Å². The second kappa shape index (κ2) is 8.47.